The molecule has 0 radical (unpaired) electrons. The molecule has 2 N–H and O–H groups in total. The average Bonchev–Trinajstić information content (AvgIpc) is 2.56. The van der Waals surface area contributed by atoms with Crippen LogP contribution < -0.4 is 5.32 Å². The van der Waals surface area contributed by atoms with Crippen LogP contribution in [0.5, 0.6) is 0 Å². The first kappa shape index (κ1) is 17.8. The smallest absolute Gasteiger partial charge is 0.317 e. The Bertz CT molecular complexity index is 482. The van der Waals surface area contributed by atoms with Crippen LogP contribution in [-0.4, -0.2) is 60.3 Å². The summed E-state index contributed by atoms with van der Waals surface area (Å²) >= 11 is 0. The Morgan fingerprint density at radius 3 is 2.43 bits per heavy atom. The molecule has 2 amide bonds. The van der Waals surface area contributed by atoms with Gasteiger partial charge in [0.2, 0.25) is 0 Å². The van der Waals surface area contributed by atoms with Crippen LogP contribution >= 0.6 is 0 Å². The van der Waals surface area contributed by atoms with E-state index in [0.717, 1.165) is 31.5 Å². The van der Waals surface area contributed by atoms with Crippen molar-refractivity contribution in [2.45, 2.75) is 32.7 Å². The largest absolute Gasteiger partial charge is 0.395 e. The first-order valence-corrected chi connectivity index (χ1v) is 8.61. The van der Waals surface area contributed by atoms with E-state index in [4.69, 9.17) is 5.11 Å². The van der Waals surface area contributed by atoms with Gasteiger partial charge in [0.05, 0.1) is 12.6 Å². The van der Waals surface area contributed by atoms with Crippen LogP contribution in [0.25, 0.3) is 0 Å². The van der Waals surface area contributed by atoms with Gasteiger partial charge in [0, 0.05) is 32.7 Å². The minimum absolute atomic E-state index is 0.00113. The molecule has 23 heavy (non-hydrogen) atoms. The molecule has 0 aromatic heterocycles. The summed E-state index contributed by atoms with van der Waals surface area (Å²) in [6.07, 6.45) is 2.24. The quantitative estimate of drug-likeness (QED) is 0.843. The van der Waals surface area contributed by atoms with Crippen molar-refractivity contribution in [2.24, 2.45) is 0 Å². The summed E-state index contributed by atoms with van der Waals surface area (Å²) in [4.78, 5) is 16.4. The monoisotopic (exact) mass is 319 g/mol. The average molecular weight is 319 g/mol. The van der Waals surface area contributed by atoms with Gasteiger partial charge in [0.1, 0.15) is 0 Å². The Morgan fingerprint density at radius 1 is 1.22 bits per heavy atom. The van der Waals surface area contributed by atoms with Gasteiger partial charge >= 0.3 is 6.03 Å². The van der Waals surface area contributed by atoms with Crippen molar-refractivity contribution in [3.8, 4) is 0 Å². The number of amides is 2. The number of aryl methyl sites for hydroxylation is 1. The van der Waals surface area contributed by atoms with E-state index in [1.54, 1.807) is 0 Å². The topological polar surface area (TPSA) is 55.8 Å². The molecule has 0 saturated carbocycles. The second kappa shape index (κ2) is 8.89. The minimum atomic E-state index is -0.00113. The molecular weight excluding hydrogens is 290 g/mol. The van der Waals surface area contributed by atoms with Crippen LogP contribution in [-0.2, 0) is 6.42 Å². The molecule has 5 heteroatoms. The number of urea groups is 1. The van der Waals surface area contributed by atoms with Crippen LogP contribution in [0.2, 0.25) is 0 Å². The summed E-state index contributed by atoms with van der Waals surface area (Å²) < 4.78 is 0. The number of benzene rings is 1. The summed E-state index contributed by atoms with van der Waals surface area (Å²) in [5.41, 5.74) is 2.48. The maximum Gasteiger partial charge on any atom is 0.317 e. The Balaban J connectivity index is 1.82. The summed E-state index contributed by atoms with van der Waals surface area (Å²) in [5, 5.41) is 12.0. The maximum atomic E-state index is 12.4. The third-order valence-electron chi connectivity index (χ3n) is 4.43. The summed E-state index contributed by atoms with van der Waals surface area (Å²) in [6.45, 7) is 8.16. The van der Waals surface area contributed by atoms with Gasteiger partial charge < -0.3 is 15.3 Å². The molecule has 2 rings (SSSR count). The van der Waals surface area contributed by atoms with E-state index in [2.05, 4.69) is 41.4 Å². The van der Waals surface area contributed by atoms with Crippen molar-refractivity contribution in [1.29, 1.82) is 0 Å². The second-order valence-corrected chi connectivity index (χ2v) is 6.22. The lowest BCUT2D eigenvalue weighted by Gasteiger charge is -2.35. The fraction of sp³-hybridized carbons (Fsp3) is 0.611. The standard InChI is InChI=1S/C18H29N3O2/c1-3-4-16-5-7-17(8-6-16)15(2)19-18(23)21-11-9-20(10-12-21)13-14-22/h5-8,15,22H,3-4,9-14H2,1-2H3,(H,19,23). The number of nitrogens with zero attached hydrogens (tertiary/aromatic N) is 2. The molecule has 1 atom stereocenters. The number of rotatable bonds is 6. The molecule has 5 nitrogen and oxygen atoms in total. The lowest BCUT2D eigenvalue weighted by atomic mass is 10.0. The van der Waals surface area contributed by atoms with Crippen molar-refractivity contribution in [3.63, 3.8) is 0 Å². The third kappa shape index (κ3) is 5.22. The predicted octanol–water partition coefficient (Wildman–Crippen LogP) is 2.02. The Morgan fingerprint density at radius 2 is 1.87 bits per heavy atom. The van der Waals surface area contributed by atoms with Gasteiger partial charge in [0.15, 0.2) is 0 Å². The highest BCUT2D eigenvalue weighted by Crippen LogP contribution is 2.15. The molecule has 1 aliphatic rings. The van der Waals surface area contributed by atoms with Crippen LogP contribution in [0.15, 0.2) is 24.3 Å². The number of aliphatic hydroxyl groups excluding tert-OH is 1. The summed E-state index contributed by atoms with van der Waals surface area (Å²) in [7, 11) is 0. The normalized spacial score (nSPS) is 17.1. The van der Waals surface area contributed by atoms with Gasteiger partial charge in [-0.1, -0.05) is 37.6 Å². The molecule has 1 unspecified atom stereocenters. The number of carbonyl (C=O) groups is 1. The fourth-order valence-corrected chi connectivity index (χ4v) is 2.94. The molecular formula is C18H29N3O2. The third-order valence-corrected chi connectivity index (χ3v) is 4.43. The molecule has 1 saturated heterocycles. The zero-order chi connectivity index (χ0) is 16.7. The molecule has 1 aromatic rings. The molecule has 1 fully saturated rings. The van der Waals surface area contributed by atoms with Crippen LogP contribution in [0, 0.1) is 0 Å². The SMILES string of the molecule is CCCc1ccc(C(C)NC(=O)N2CCN(CCO)CC2)cc1. The van der Waals surface area contributed by atoms with Crippen molar-refractivity contribution >= 4 is 6.03 Å². The Hall–Kier alpha value is -1.59. The number of piperazine rings is 1. The van der Waals surface area contributed by atoms with Crippen LogP contribution in [0.1, 0.15) is 37.4 Å². The van der Waals surface area contributed by atoms with Crippen LogP contribution in [0.4, 0.5) is 4.79 Å². The van der Waals surface area contributed by atoms with Crippen molar-refractivity contribution in [2.75, 3.05) is 39.3 Å². The second-order valence-electron chi connectivity index (χ2n) is 6.22. The van der Waals surface area contributed by atoms with E-state index in [-0.39, 0.29) is 18.7 Å². The number of hydrogen-bond donors (Lipinski definition) is 2. The zero-order valence-corrected chi connectivity index (χ0v) is 14.3. The van der Waals surface area contributed by atoms with E-state index in [1.807, 2.05) is 11.8 Å². The van der Waals surface area contributed by atoms with Gasteiger partial charge in [-0.05, 0) is 24.5 Å². The molecule has 1 heterocycles. The van der Waals surface area contributed by atoms with Gasteiger partial charge in [-0.15, -0.1) is 0 Å². The molecule has 0 bridgehead atoms. The minimum Gasteiger partial charge on any atom is -0.395 e. The van der Waals surface area contributed by atoms with Gasteiger partial charge in [-0.25, -0.2) is 4.79 Å². The van der Waals surface area contributed by atoms with E-state index in [9.17, 15) is 4.79 Å². The van der Waals surface area contributed by atoms with Crippen molar-refractivity contribution < 1.29 is 9.90 Å². The summed E-state index contributed by atoms with van der Waals surface area (Å²) in [5.74, 6) is 0. The van der Waals surface area contributed by atoms with Gasteiger partial charge in [-0.3, -0.25) is 4.90 Å². The maximum absolute atomic E-state index is 12.4. The Kier molecular flexibility index (Phi) is 6.86. The van der Waals surface area contributed by atoms with E-state index >= 15 is 0 Å². The highest BCUT2D eigenvalue weighted by molar-refractivity contribution is 5.74. The zero-order valence-electron chi connectivity index (χ0n) is 14.3. The number of carbonyl (C=O) groups excluding carboxylic acids is 1. The van der Waals surface area contributed by atoms with E-state index in [1.165, 1.54) is 5.56 Å². The van der Waals surface area contributed by atoms with E-state index in [0.29, 0.717) is 19.6 Å². The highest BCUT2D eigenvalue weighted by atomic mass is 16.3. The molecule has 1 aromatic carbocycles. The van der Waals surface area contributed by atoms with Crippen LogP contribution in [0.3, 0.4) is 0 Å². The first-order chi connectivity index (χ1) is 11.1. The molecule has 0 spiro atoms. The van der Waals surface area contributed by atoms with E-state index < -0.39 is 0 Å². The molecule has 1 aliphatic heterocycles. The number of β-amino-alcohol motifs (C(OH)–C–C–N with tert-alkyl or cyclic N) is 1. The number of aliphatic hydroxyl groups is 1. The van der Waals surface area contributed by atoms with Gasteiger partial charge in [-0.2, -0.15) is 0 Å². The lowest BCUT2D eigenvalue weighted by molar-refractivity contribution is 0.121. The Labute approximate surface area is 139 Å². The molecule has 0 aliphatic carbocycles. The van der Waals surface area contributed by atoms with Crippen molar-refractivity contribution in [1.82, 2.24) is 15.1 Å². The number of nitrogens with one attached hydrogen (secondary N) is 1. The predicted molar refractivity (Wildman–Crippen MR) is 92.5 cm³/mol. The highest BCUT2D eigenvalue weighted by Gasteiger charge is 2.21. The summed E-state index contributed by atoms with van der Waals surface area (Å²) in [6, 6.07) is 8.52. The van der Waals surface area contributed by atoms with Gasteiger partial charge in [0.25, 0.3) is 0 Å². The number of hydrogen-bond acceptors (Lipinski definition) is 3. The first-order valence-electron chi connectivity index (χ1n) is 8.61. The lowest BCUT2D eigenvalue weighted by Crippen LogP contribution is -2.52. The molecule has 128 valence electrons. The fourth-order valence-electron chi connectivity index (χ4n) is 2.94. The van der Waals surface area contributed by atoms with Crippen molar-refractivity contribution in [3.05, 3.63) is 35.4 Å².